The normalized spacial score (nSPS) is 19.6. The van der Waals surface area contributed by atoms with E-state index in [0.29, 0.717) is 6.54 Å². The molecule has 34 heavy (non-hydrogen) atoms. The second kappa shape index (κ2) is 11.0. The minimum absolute atomic E-state index is 0.0152. The smallest absolute Gasteiger partial charge is 0.387 e. The zero-order chi connectivity index (χ0) is 23.9. The Hall–Kier alpha value is -3.55. The molecule has 0 aliphatic carbocycles. The first-order valence-electron chi connectivity index (χ1n) is 11.4. The van der Waals surface area contributed by atoms with Crippen LogP contribution < -0.4 is 14.8 Å². The van der Waals surface area contributed by atoms with Crippen LogP contribution in [0, 0.1) is 5.92 Å². The van der Waals surface area contributed by atoms with Crippen LogP contribution in [0.3, 0.4) is 0 Å². The van der Waals surface area contributed by atoms with E-state index in [1.165, 1.54) is 13.2 Å². The Morgan fingerprint density at radius 3 is 2.65 bits per heavy atom. The van der Waals surface area contributed by atoms with E-state index in [9.17, 15) is 8.78 Å². The van der Waals surface area contributed by atoms with Crippen LogP contribution in [0.4, 0.5) is 14.5 Å². The van der Waals surface area contributed by atoms with Gasteiger partial charge in [0.2, 0.25) is 0 Å². The molecule has 2 aromatic rings. The Morgan fingerprint density at radius 2 is 1.97 bits per heavy atom. The highest BCUT2D eigenvalue weighted by molar-refractivity contribution is 6.02. The highest BCUT2D eigenvalue weighted by Gasteiger charge is 2.24. The summed E-state index contributed by atoms with van der Waals surface area (Å²) in [6.45, 7) is 0.745. The minimum atomic E-state index is -2.91. The molecule has 0 radical (unpaired) electrons. The quantitative estimate of drug-likeness (QED) is 0.505. The molecular formula is C26H29F2N3O3. The lowest BCUT2D eigenvalue weighted by Crippen LogP contribution is -2.32. The highest BCUT2D eigenvalue weighted by atomic mass is 19.3. The monoisotopic (exact) mass is 469 g/mol. The lowest BCUT2D eigenvalue weighted by atomic mass is 9.90. The van der Waals surface area contributed by atoms with Crippen LogP contribution in [-0.2, 0) is 11.3 Å². The molecule has 0 aromatic heterocycles. The van der Waals surface area contributed by atoms with Crippen molar-refractivity contribution in [3.8, 4) is 11.5 Å². The van der Waals surface area contributed by atoms with Crippen LogP contribution in [0.1, 0.15) is 30.9 Å². The van der Waals surface area contributed by atoms with Crippen molar-refractivity contribution in [2.75, 3.05) is 19.0 Å². The van der Waals surface area contributed by atoms with Gasteiger partial charge >= 0.3 is 6.61 Å². The van der Waals surface area contributed by atoms with E-state index in [4.69, 9.17) is 14.6 Å². The van der Waals surface area contributed by atoms with Crippen molar-refractivity contribution in [2.45, 2.75) is 39.1 Å². The third kappa shape index (κ3) is 5.87. The molecule has 180 valence electrons. The molecule has 6 nitrogen and oxygen atoms in total. The van der Waals surface area contributed by atoms with Gasteiger partial charge in [-0.15, -0.1) is 0 Å². The van der Waals surface area contributed by atoms with E-state index < -0.39 is 6.61 Å². The van der Waals surface area contributed by atoms with Gasteiger partial charge in [0.1, 0.15) is 0 Å². The highest BCUT2D eigenvalue weighted by Crippen LogP contribution is 2.32. The molecule has 2 atom stereocenters. The SMILES string of the molecule is CCC1CCN(Cc2ccc(NC3C=CC=CO3)cc2)N=C1c1ccc(OC(F)F)c(OC)c1. The lowest BCUT2D eigenvalue weighted by molar-refractivity contribution is -0.0512. The van der Waals surface area contributed by atoms with Gasteiger partial charge in [-0.2, -0.15) is 13.9 Å². The number of nitrogens with one attached hydrogen (secondary N) is 1. The van der Waals surface area contributed by atoms with Crippen molar-refractivity contribution in [2.24, 2.45) is 11.0 Å². The van der Waals surface area contributed by atoms with E-state index >= 15 is 0 Å². The Balaban J connectivity index is 1.48. The summed E-state index contributed by atoms with van der Waals surface area (Å²) >= 11 is 0. The van der Waals surface area contributed by atoms with Gasteiger partial charge in [-0.25, -0.2) is 0 Å². The maximum atomic E-state index is 12.7. The molecule has 2 unspecified atom stereocenters. The number of allylic oxidation sites excluding steroid dienone is 2. The number of hydrogen-bond acceptors (Lipinski definition) is 6. The van der Waals surface area contributed by atoms with Crippen molar-refractivity contribution >= 4 is 11.4 Å². The van der Waals surface area contributed by atoms with Crippen molar-refractivity contribution in [3.63, 3.8) is 0 Å². The zero-order valence-electron chi connectivity index (χ0n) is 19.3. The fourth-order valence-corrected chi connectivity index (χ4v) is 4.10. The molecule has 2 aliphatic rings. The Labute approximate surface area is 198 Å². The van der Waals surface area contributed by atoms with Gasteiger partial charge in [0.25, 0.3) is 0 Å². The third-order valence-electron chi connectivity index (χ3n) is 5.87. The maximum Gasteiger partial charge on any atom is 0.387 e. The summed E-state index contributed by atoms with van der Waals surface area (Å²) in [4.78, 5) is 0. The molecule has 2 aliphatic heterocycles. The van der Waals surface area contributed by atoms with Gasteiger partial charge in [-0.3, -0.25) is 5.01 Å². The molecule has 0 amide bonds. The Bertz CT molecular complexity index is 1050. The van der Waals surface area contributed by atoms with E-state index in [1.807, 2.05) is 30.4 Å². The molecule has 0 bridgehead atoms. The van der Waals surface area contributed by atoms with Crippen molar-refractivity contribution in [3.05, 3.63) is 78.1 Å². The fourth-order valence-electron chi connectivity index (χ4n) is 4.10. The molecule has 8 heteroatoms. The van der Waals surface area contributed by atoms with Crippen molar-refractivity contribution < 1.29 is 23.0 Å². The predicted octanol–water partition coefficient (Wildman–Crippen LogP) is 5.77. The molecule has 1 N–H and O–H groups in total. The number of hydrazone groups is 1. The summed E-state index contributed by atoms with van der Waals surface area (Å²) in [7, 11) is 1.44. The molecule has 0 fully saturated rings. The van der Waals surface area contributed by atoms with Gasteiger partial charge < -0.3 is 19.5 Å². The van der Waals surface area contributed by atoms with E-state index in [2.05, 4.69) is 34.1 Å². The predicted molar refractivity (Wildman–Crippen MR) is 128 cm³/mol. The number of halogens is 2. The number of ether oxygens (including phenoxy) is 3. The van der Waals surface area contributed by atoms with Gasteiger partial charge in [-0.05, 0) is 60.9 Å². The minimum Gasteiger partial charge on any atom is -0.493 e. The van der Waals surface area contributed by atoms with E-state index in [1.54, 1.807) is 18.4 Å². The Kier molecular flexibility index (Phi) is 7.67. The van der Waals surface area contributed by atoms with Crippen molar-refractivity contribution in [1.29, 1.82) is 0 Å². The molecule has 2 aromatic carbocycles. The van der Waals surface area contributed by atoms with Crippen LogP contribution >= 0.6 is 0 Å². The van der Waals surface area contributed by atoms with Gasteiger partial charge in [0.05, 0.1) is 25.6 Å². The zero-order valence-corrected chi connectivity index (χ0v) is 19.3. The van der Waals surface area contributed by atoms with Crippen LogP contribution in [0.15, 0.2) is 72.1 Å². The molecule has 2 heterocycles. The van der Waals surface area contributed by atoms with Gasteiger partial charge in [0.15, 0.2) is 17.7 Å². The standard InChI is InChI=1S/C26H29F2N3O3/c1-3-19-13-14-31(17-18-7-10-21(11-8-18)29-24-6-4-5-15-33-24)30-25(19)20-9-12-22(34-26(27)28)23(16-20)32-2/h4-12,15-16,19,24,26,29H,3,13-14,17H2,1-2H3. The van der Waals surface area contributed by atoms with Crippen LogP contribution in [0.5, 0.6) is 11.5 Å². The summed E-state index contributed by atoms with van der Waals surface area (Å²) in [5.74, 6) is 0.566. The average Bonchev–Trinajstić information content (AvgIpc) is 2.86. The first-order chi connectivity index (χ1) is 16.6. The molecule has 0 saturated heterocycles. The second-order valence-corrected chi connectivity index (χ2v) is 8.12. The number of alkyl halides is 2. The van der Waals surface area contributed by atoms with E-state index in [0.717, 1.165) is 41.9 Å². The summed E-state index contributed by atoms with van der Waals surface area (Å²) in [6.07, 6.45) is 9.13. The maximum absolute atomic E-state index is 12.7. The Morgan fingerprint density at radius 1 is 1.15 bits per heavy atom. The first-order valence-corrected chi connectivity index (χ1v) is 11.4. The topological polar surface area (TPSA) is 55.3 Å². The van der Waals surface area contributed by atoms with Gasteiger partial charge in [-0.1, -0.05) is 25.1 Å². The third-order valence-corrected chi connectivity index (χ3v) is 5.87. The molecule has 4 rings (SSSR count). The summed E-state index contributed by atoms with van der Waals surface area (Å²) in [5.41, 5.74) is 3.90. The fraction of sp³-hybridized carbons (Fsp3) is 0.346. The van der Waals surface area contributed by atoms with Crippen LogP contribution in [0.2, 0.25) is 0 Å². The molecule has 0 saturated carbocycles. The summed E-state index contributed by atoms with van der Waals surface area (Å²) in [5, 5.41) is 10.3. The lowest BCUT2D eigenvalue weighted by Gasteiger charge is -2.31. The van der Waals surface area contributed by atoms with Crippen LogP contribution in [0.25, 0.3) is 0 Å². The van der Waals surface area contributed by atoms with Crippen molar-refractivity contribution in [1.82, 2.24) is 5.01 Å². The number of anilines is 1. The summed E-state index contributed by atoms with van der Waals surface area (Å²) in [6, 6.07) is 13.2. The average molecular weight is 470 g/mol. The number of rotatable bonds is 9. The number of methoxy groups -OCH3 is 1. The number of nitrogens with zero attached hydrogens (tertiary/aromatic N) is 2. The number of benzene rings is 2. The number of hydrogen-bond donors (Lipinski definition) is 1. The van der Waals surface area contributed by atoms with Crippen LogP contribution in [-0.4, -0.2) is 37.2 Å². The molecular weight excluding hydrogens is 440 g/mol. The second-order valence-electron chi connectivity index (χ2n) is 8.12. The summed E-state index contributed by atoms with van der Waals surface area (Å²) < 4.78 is 40.7. The molecule has 0 spiro atoms. The van der Waals surface area contributed by atoms with Gasteiger partial charge in [0, 0.05) is 23.7 Å². The first kappa shape index (κ1) is 23.6. The van der Waals surface area contributed by atoms with E-state index in [-0.39, 0.29) is 23.6 Å². The largest absolute Gasteiger partial charge is 0.493 e.